The Morgan fingerprint density at radius 3 is 2.28 bits per heavy atom. The van der Waals surface area contributed by atoms with Gasteiger partial charge < -0.3 is 13.9 Å². The predicted molar refractivity (Wildman–Crippen MR) is 108 cm³/mol. The summed E-state index contributed by atoms with van der Waals surface area (Å²) in [7, 11) is 1.45. The summed E-state index contributed by atoms with van der Waals surface area (Å²) in [6.07, 6.45) is 0. The van der Waals surface area contributed by atoms with Gasteiger partial charge in [0, 0.05) is 22.4 Å². The molecule has 0 unspecified atom stereocenters. The van der Waals surface area contributed by atoms with Crippen LogP contribution in [0.5, 0.6) is 11.5 Å². The van der Waals surface area contributed by atoms with Crippen molar-refractivity contribution in [2.45, 2.75) is 6.92 Å². The van der Waals surface area contributed by atoms with Crippen LogP contribution in [0.4, 0.5) is 0 Å². The summed E-state index contributed by atoms with van der Waals surface area (Å²) in [6, 6.07) is 16.5. The van der Waals surface area contributed by atoms with E-state index in [1.807, 2.05) is 0 Å². The number of carbonyl (C=O) groups excluding carboxylic acids is 2. The lowest BCUT2D eigenvalue weighted by Gasteiger charge is -2.11. The molecule has 0 fully saturated rings. The van der Waals surface area contributed by atoms with Crippen LogP contribution in [0.15, 0.2) is 69.9 Å². The summed E-state index contributed by atoms with van der Waals surface area (Å²) in [5.74, 6) is -0.256. The molecule has 0 atom stereocenters. The van der Waals surface area contributed by atoms with Crippen molar-refractivity contribution in [1.82, 2.24) is 0 Å². The number of ketones is 1. The van der Waals surface area contributed by atoms with Crippen LogP contribution in [0.1, 0.15) is 27.6 Å². The van der Waals surface area contributed by atoms with Gasteiger partial charge in [0.05, 0.1) is 18.1 Å². The Bertz CT molecular complexity index is 1320. The first kappa shape index (κ1) is 18.4. The normalized spacial score (nSPS) is 10.8. The van der Waals surface area contributed by atoms with Crippen molar-refractivity contribution in [3.63, 3.8) is 0 Å². The fourth-order valence-electron chi connectivity index (χ4n) is 3.13. The van der Waals surface area contributed by atoms with Gasteiger partial charge >= 0.3 is 11.6 Å². The summed E-state index contributed by atoms with van der Waals surface area (Å²) in [5, 5.41) is 1.51. The third-order valence-electron chi connectivity index (χ3n) is 4.62. The van der Waals surface area contributed by atoms with Crippen molar-refractivity contribution in [1.29, 1.82) is 0 Å². The van der Waals surface area contributed by atoms with E-state index in [4.69, 9.17) is 13.9 Å². The minimum atomic E-state index is -0.582. The topological polar surface area (TPSA) is 82.8 Å². The van der Waals surface area contributed by atoms with Gasteiger partial charge in [-0.3, -0.25) is 4.79 Å². The van der Waals surface area contributed by atoms with Crippen molar-refractivity contribution >= 4 is 33.5 Å². The average Bonchev–Trinajstić information content (AvgIpc) is 2.73. The highest BCUT2D eigenvalue weighted by molar-refractivity contribution is 6.08. The largest absolute Gasteiger partial charge is 0.493 e. The Morgan fingerprint density at radius 2 is 1.59 bits per heavy atom. The van der Waals surface area contributed by atoms with Crippen LogP contribution in [0.25, 0.3) is 21.7 Å². The van der Waals surface area contributed by atoms with Gasteiger partial charge in [-0.05, 0) is 31.2 Å². The van der Waals surface area contributed by atoms with Gasteiger partial charge in [0.1, 0.15) is 5.58 Å². The van der Waals surface area contributed by atoms with Crippen molar-refractivity contribution in [2.75, 3.05) is 7.11 Å². The van der Waals surface area contributed by atoms with Crippen LogP contribution in [0.3, 0.4) is 0 Å². The fraction of sp³-hybridized carbons (Fsp3) is 0.0870. The van der Waals surface area contributed by atoms with E-state index < -0.39 is 11.6 Å². The van der Waals surface area contributed by atoms with Gasteiger partial charge in [0.25, 0.3) is 0 Å². The van der Waals surface area contributed by atoms with Crippen molar-refractivity contribution < 1.29 is 23.5 Å². The Hall–Kier alpha value is -3.93. The van der Waals surface area contributed by atoms with Crippen LogP contribution in [0.2, 0.25) is 0 Å². The number of hydrogen-bond acceptors (Lipinski definition) is 6. The number of carbonyl (C=O) groups is 2. The van der Waals surface area contributed by atoms with Crippen LogP contribution < -0.4 is 15.1 Å². The predicted octanol–water partition coefficient (Wildman–Crippen LogP) is 4.38. The number of benzene rings is 3. The minimum absolute atomic E-state index is 0.136. The Morgan fingerprint density at radius 1 is 0.828 bits per heavy atom. The van der Waals surface area contributed by atoms with E-state index in [1.165, 1.54) is 26.2 Å². The molecule has 0 amide bonds. The molecule has 3 aromatic carbocycles. The van der Waals surface area contributed by atoms with E-state index >= 15 is 0 Å². The van der Waals surface area contributed by atoms with Crippen molar-refractivity contribution in [3.8, 4) is 11.5 Å². The van der Waals surface area contributed by atoms with E-state index in [0.717, 1.165) is 0 Å². The first-order chi connectivity index (χ1) is 14.0. The third kappa shape index (κ3) is 3.36. The number of rotatable bonds is 4. The molecule has 0 radical (unpaired) electrons. The van der Waals surface area contributed by atoms with E-state index in [1.54, 1.807) is 48.5 Å². The zero-order valence-electron chi connectivity index (χ0n) is 15.7. The fourth-order valence-corrected chi connectivity index (χ4v) is 3.13. The maximum absolute atomic E-state index is 12.5. The number of ether oxygens (including phenoxy) is 2. The SMILES string of the molecule is COc1cc2c(cc1OC(=O)c1ccccc1)oc(=O)c1cc(C(C)=O)ccc12. The lowest BCUT2D eigenvalue weighted by Crippen LogP contribution is -2.09. The maximum Gasteiger partial charge on any atom is 0.344 e. The number of Topliss-reactive ketones (excluding diaryl/α,β-unsaturated/α-hetero) is 1. The smallest absolute Gasteiger partial charge is 0.344 e. The molecular formula is C23H16O6. The summed E-state index contributed by atoms with van der Waals surface area (Å²) in [5.41, 5.74) is 0.465. The van der Waals surface area contributed by atoms with E-state index in [-0.39, 0.29) is 17.1 Å². The number of esters is 1. The van der Waals surface area contributed by atoms with Gasteiger partial charge in [-0.2, -0.15) is 0 Å². The highest BCUT2D eigenvalue weighted by Gasteiger charge is 2.17. The molecule has 0 saturated carbocycles. The van der Waals surface area contributed by atoms with Gasteiger partial charge in [-0.25, -0.2) is 9.59 Å². The standard InChI is InChI=1S/C23H16O6/c1-13(24)15-8-9-16-17-11-20(27-2)21(12-19(17)28-23(26)18(16)10-15)29-22(25)14-6-4-3-5-7-14/h3-12H,1-2H3. The molecule has 0 N–H and O–H groups in total. The van der Waals surface area contributed by atoms with Gasteiger partial charge in [-0.1, -0.05) is 30.3 Å². The molecule has 29 heavy (non-hydrogen) atoms. The molecule has 144 valence electrons. The third-order valence-corrected chi connectivity index (χ3v) is 4.62. The summed E-state index contributed by atoms with van der Waals surface area (Å²) in [6.45, 7) is 1.43. The van der Waals surface area contributed by atoms with Crippen LogP contribution >= 0.6 is 0 Å². The molecule has 0 aliphatic heterocycles. The molecule has 4 rings (SSSR count). The lowest BCUT2D eigenvalue weighted by atomic mass is 10.0. The quantitative estimate of drug-likeness (QED) is 0.170. The van der Waals surface area contributed by atoms with E-state index in [9.17, 15) is 14.4 Å². The molecule has 0 spiro atoms. The van der Waals surface area contributed by atoms with Crippen LogP contribution in [-0.4, -0.2) is 18.9 Å². The van der Waals surface area contributed by atoms with E-state index in [2.05, 4.69) is 0 Å². The second kappa shape index (κ2) is 7.24. The molecule has 1 heterocycles. The second-order valence-corrected chi connectivity index (χ2v) is 6.46. The van der Waals surface area contributed by atoms with Gasteiger partial charge in [0.2, 0.25) is 0 Å². The zero-order valence-corrected chi connectivity index (χ0v) is 15.7. The summed E-state index contributed by atoms with van der Waals surface area (Å²) in [4.78, 5) is 36.5. The molecule has 0 aliphatic carbocycles. The Kier molecular flexibility index (Phi) is 4.60. The van der Waals surface area contributed by atoms with Gasteiger partial charge in [-0.15, -0.1) is 0 Å². The van der Waals surface area contributed by atoms with Crippen LogP contribution in [0, 0.1) is 0 Å². The maximum atomic E-state index is 12.5. The average molecular weight is 388 g/mol. The monoisotopic (exact) mass is 388 g/mol. The first-order valence-electron chi connectivity index (χ1n) is 8.84. The highest BCUT2D eigenvalue weighted by Crippen LogP contribution is 2.35. The molecule has 6 heteroatoms. The molecular weight excluding hydrogens is 372 g/mol. The summed E-state index contributed by atoms with van der Waals surface area (Å²) >= 11 is 0. The molecule has 4 aromatic rings. The highest BCUT2D eigenvalue weighted by atomic mass is 16.6. The molecule has 6 nitrogen and oxygen atoms in total. The van der Waals surface area contributed by atoms with Gasteiger partial charge in [0.15, 0.2) is 17.3 Å². The van der Waals surface area contributed by atoms with E-state index in [0.29, 0.717) is 33.0 Å². The number of fused-ring (bicyclic) bond motifs is 3. The van der Waals surface area contributed by atoms with Crippen molar-refractivity contribution in [2.24, 2.45) is 0 Å². The molecule has 1 aromatic heterocycles. The molecule has 0 saturated heterocycles. The second-order valence-electron chi connectivity index (χ2n) is 6.46. The van der Waals surface area contributed by atoms with Crippen molar-refractivity contribution in [3.05, 3.63) is 82.2 Å². The minimum Gasteiger partial charge on any atom is -0.493 e. The first-order valence-corrected chi connectivity index (χ1v) is 8.84. The van der Waals surface area contributed by atoms with Crippen LogP contribution in [-0.2, 0) is 0 Å². The number of hydrogen-bond donors (Lipinski definition) is 0. The zero-order chi connectivity index (χ0) is 20.5. The molecule has 0 bridgehead atoms. The number of methoxy groups -OCH3 is 1. The Labute approximate surface area is 165 Å². The summed E-state index contributed by atoms with van der Waals surface area (Å²) < 4.78 is 16.3. The molecule has 0 aliphatic rings. The Balaban J connectivity index is 1.87. The lowest BCUT2D eigenvalue weighted by molar-refractivity contribution is 0.0729.